The Kier molecular flexibility index (Phi) is 3.65. The maximum Gasteiger partial charge on any atom is 0.166 e. The van der Waals surface area contributed by atoms with Crippen LogP contribution in [0.4, 0.5) is 8.78 Å². The largest absolute Gasteiger partial charge is 0.204 e. The van der Waals surface area contributed by atoms with Crippen LogP contribution >= 0.6 is 23.2 Å². The van der Waals surface area contributed by atoms with Crippen LogP contribution in [0.5, 0.6) is 0 Å². The Hall–Kier alpha value is -1.12. The van der Waals surface area contributed by atoms with E-state index >= 15 is 0 Å². The lowest BCUT2D eigenvalue weighted by atomic mass is 10.0. The minimum atomic E-state index is -0.870. The number of benzene rings is 2. The van der Waals surface area contributed by atoms with Crippen LogP contribution in [-0.2, 0) is 5.88 Å². The molecule has 0 aliphatic heterocycles. The van der Waals surface area contributed by atoms with E-state index in [1.54, 1.807) is 18.2 Å². The molecular weight excluding hydrogens is 265 g/mol. The molecule has 0 amide bonds. The monoisotopic (exact) mass is 272 g/mol. The molecule has 4 heteroatoms. The number of alkyl halides is 1. The molecule has 0 N–H and O–H groups in total. The molecular formula is C13H8Cl2F2. The number of hydrogen-bond donors (Lipinski definition) is 0. The summed E-state index contributed by atoms with van der Waals surface area (Å²) in [6.45, 7) is 0. The van der Waals surface area contributed by atoms with Crippen molar-refractivity contribution in [3.05, 3.63) is 58.6 Å². The van der Waals surface area contributed by atoms with Crippen molar-refractivity contribution >= 4 is 23.2 Å². The molecule has 0 fully saturated rings. The summed E-state index contributed by atoms with van der Waals surface area (Å²) in [6, 6.07) is 8.97. The lowest BCUT2D eigenvalue weighted by Gasteiger charge is -2.07. The summed E-state index contributed by atoms with van der Waals surface area (Å²) in [6.07, 6.45) is 0. The zero-order valence-electron chi connectivity index (χ0n) is 8.68. The van der Waals surface area contributed by atoms with E-state index < -0.39 is 11.6 Å². The Labute approximate surface area is 108 Å². The fraction of sp³-hybridized carbons (Fsp3) is 0.0769. The second-order valence-electron chi connectivity index (χ2n) is 3.54. The molecule has 0 aromatic heterocycles. The third-order valence-electron chi connectivity index (χ3n) is 2.45. The van der Waals surface area contributed by atoms with Crippen LogP contribution < -0.4 is 0 Å². The average molecular weight is 273 g/mol. The maximum atomic E-state index is 13.6. The van der Waals surface area contributed by atoms with Crippen LogP contribution in [0, 0.1) is 11.6 Å². The first-order valence-corrected chi connectivity index (χ1v) is 5.83. The standard InChI is InChI=1S/C13H8Cl2F2/c14-7-9-6-8(4-5-11(9)15)10-2-1-3-12(16)13(10)17/h1-6H,7H2. The first-order chi connectivity index (χ1) is 8.13. The lowest BCUT2D eigenvalue weighted by molar-refractivity contribution is 0.511. The number of rotatable bonds is 2. The Bertz CT molecular complexity index is 553. The topological polar surface area (TPSA) is 0 Å². The van der Waals surface area contributed by atoms with Gasteiger partial charge < -0.3 is 0 Å². The minimum absolute atomic E-state index is 0.202. The Balaban J connectivity index is 2.57. The van der Waals surface area contributed by atoms with E-state index in [1.807, 2.05) is 0 Å². The van der Waals surface area contributed by atoms with Gasteiger partial charge in [-0.15, -0.1) is 11.6 Å². The number of halogens is 4. The summed E-state index contributed by atoms with van der Waals surface area (Å²) in [5.41, 5.74) is 1.45. The van der Waals surface area contributed by atoms with Gasteiger partial charge in [0.25, 0.3) is 0 Å². The highest BCUT2D eigenvalue weighted by Crippen LogP contribution is 2.28. The van der Waals surface area contributed by atoms with Crippen LogP contribution in [0.25, 0.3) is 11.1 Å². The van der Waals surface area contributed by atoms with E-state index in [0.717, 1.165) is 6.07 Å². The van der Waals surface area contributed by atoms with Gasteiger partial charge in [0.1, 0.15) is 0 Å². The van der Waals surface area contributed by atoms with E-state index in [4.69, 9.17) is 23.2 Å². The molecule has 88 valence electrons. The highest BCUT2D eigenvalue weighted by atomic mass is 35.5. The molecule has 0 unspecified atom stereocenters. The summed E-state index contributed by atoms with van der Waals surface area (Å²) in [4.78, 5) is 0. The molecule has 0 atom stereocenters. The first-order valence-electron chi connectivity index (χ1n) is 4.92. The molecule has 0 aliphatic carbocycles. The van der Waals surface area contributed by atoms with Crippen molar-refractivity contribution < 1.29 is 8.78 Å². The highest BCUT2D eigenvalue weighted by Gasteiger charge is 2.10. The number of hydrogen-bond acceptors (Lipinski definition) is 0. The Morgan fingerprint density at radius 1 is 1.06 bits per heavy atom. The van der Waals surface area contributed by atoms with Crippen LogP contribution in [0.15, 0.2) is 36.4 Å². The Morgan fingerprint density at radius 3 is 2.53 bits per heavy atom. The molecule has 2 aromatic carbocycles. The molecule has 0 aliphatic rings. The summed E-state index contributed by atoms with van der Waals surface area (Å²) >= 11 is 11.6. The van der Waals surface area contributed by atoms with Gasteiger partial charge in [-0.1, -0.05) is 29.8 Å². The third kappa shape index (κ3) is 2.43. The van der Waals surface area contributed by atoms with E-state index in [9.17, 15) is 8.78 Å². The molecule has 17 heavy (non-hydrogen) atoms. The molecule has 0 nitrogen and oxygen atoms in total. The van der Waals surface area contributed by atoms with Crippen molar-refractivity contribution in [1.29, 1.82) is 0 Å². The summed E-state index contributed by atoms with van der Waals surface area (Å²) < 4.78 is 26.7. The molecule has 0 spiro atoms. The van der Waals surface area contributed by atoms with E-state index in [-0.39, 0.29) is 11.4 Å². The van der Waals surface area contributed by atoms with Gasteiger partial charge in [0.05, 0.1) is 0 Å². The van der Waals surface area contributed by atoms with Gasteiger partial charge in [0.15, 0.2) is 11.6 Å². The molecule has 0 saturated carbocycles. The molecule has 0 saturated heterocycles. The molecule has 0 radical (unpaired) electrons. The molecule has 0 heterocycles. The third-order valence-corrected chi connectivity index (χ3v) is 3.11. The fourth-order valence-electron chi connectivity index (χ4n) is 1.57. The van der Waals surface area contributed by atoms with Crippen molar-refractivity contribution in [3.63, 3.8) is 0 Å². The van der Waals surface area contributed by atoms with Crippen LogP contribution in [0.1, 0.15) is 5.56 Å². The van der Waals surface area contributed by atoms with Crippen LogP contribution in [-0.4, -0.2) is 0 Å². The highest BCUT2D eigenvalue weighted by molar-refractivity contribution is 6.32. The van der Waals surface area contributed by atoms with Crippen molar-refractivity contribution in [2.75, 3.05) is 0 Å². The predicted molar refractivity (Wildman–Crippen MR) is 66.4 cm³/mol. The van der Waals surface area contributed by atoms with E-state index in [2.05, 4.69) is 0 Å². The maximum absolute atomic E-state index is 13.6. The normalized spacial score (nSPS) is 10.6. The van der Waals surface area contributed by atoms with E-state index in [1.165, 1.54) is 12.1 Å². The SMILES string of the molecule is Fc1cccc(-c2ccc(Cl)c(CCl)c2)c1F. The lowest BCUT2D eigenvalue weighted by Crippen LogP contribution is -1.90. The van der Waals surface area contributed by atoms with Crippen molar-refractivity contribution in [1.82, 2.24) is 0 Å². The van der Waals surface area contributed by atoms with Gasteiger partial charge >= 0.3 is 0 Å². The predicted octanol–water partition coefficient (Wildman–Crippen LogP) is 5.02. The van der Waals surface area contributed by atoms with Crippen LogP contribution in [0.2, 0.25) is 5.02 Å². The van der Waals surface area contributed by atoms with Gasteiger partial charge in [0.2, 0.25) is 0 Å². The van der Waals surface area contributed by atoms with Gasteiger partial charge in [-0.05, 0) is 29.3 Å². The van der Waals surface area contributed by atoms with Crippen molar-refractivity contribution in [3.8, 4) is 11.1 Å². The zero-order chi connectivity index (χ0) is 12.4. The first kappa shape index (κ1) is 12.3. The van der Waals surface area contributed by atoms with Crippen molar-refractivity contribution in [2.24, 2.45) is 0 Å². The van der Waals surface area contributed by atoms with E-state index in [0.29, 0.717) is 16.1 Å². The second kappa shape index (κ2) is 5.03. The average Bonchev–Trinajstić information content (AvgIpc) is 2.34. The summed E-state index contributed by atoms with van der Waals surface area (Å²) in [7, 11) is 0. The zero-order valence-corrected chi connectivity index (χ0v) is 10.2. The molecule has 0 bridgehead atoms. The Morgan fingerprint density at radius 2 is 1.82 bits per heavy atom. The molecule has 2 rings (SSSR count). The van der Waals surface area contributed by atoms with Gasteiger partial charge in [0, 0.05) is 16.5 Å². The fourth-order valence-corrected chi connectivity index (χ4v) is 2.05. The molecule has 2 aromatic rings. The minimum Gasteiger partial charge on any atom is -0.204 e. The van der Waals surface area contributed by atoms with Gasteiger partial charge in [-0.2, -0.15) is 0 Å². The van der Waals surface area contributed by atoms with Crippen LogP contribution in [0.3, 0.4) is 0 Å². The van der Waals surface area contributed by atoms with Crippen molar-refractivity contribution in [2.45, 2.75) is 5.88 Å². The summed E-state index contributed by atoms with van der Waals surface area (Å²) in [5, 5.41) is 0.514. The van der Waals surface area contributed by atoms with Gasteiger partial charge in [-0.25, -0.2) is 8.78 Å². The summed E-state index contributed by atoms with van der Waals surface area (Å²) in [5.74, 6) is -1.51. The quantitative estimate of drug-likeness (QED) is 0.673. The second-order valence-corrected chi connectivity index (χ2v) is 4.22. The smallest absolute Gasteiger partial charge is 0.166 e. The van der Waals surface area contributed by atoms with Gasteiger partial charge in [-0.3, -0.25) is 0 Å².